The fraction of sp³-hybridized carbons (Fsp3) is 0.433. The van der Waals surface area contributed by atoms with E-state index in [-0.39, 0.29) is 29.4 Å². The average molecular weight is 540 g/mol. The summed E-state index contributed by atoms with van der Waals surface area (Å²) >= 11 is 4.56. The molecule has 2 saturated heterocycles. The number of amides is 1. The minimum atomic E-state index is -0.355. The Kier molecular flexibility index (Phi) is 10.5. The van der Waals surface area contributed by atoms with Gasteiger partial charge in [-0.3, -0.25) is 0 Å². The Morgan fingerprint density at radius 2 is 1.95 bits per heavy atom. The van der Waals surface area contributed by atoms with Crippen molar-refractivity contribution >= 4 is 28.5 Å². The van der Waals surface area contributed by atoms with E-state index in [0.717, 1.165) is 41.9 Å². The zero-order chi connectivity index (χ0) is 27.0. The molecule has 1 amide bonds. The van der Waals surface area contributed by atoms with Crippen LogP contribution in [0.1, 0.15) is 52.5 Å². The molecule has 2 fully saturated rings. The first-order chi connectivity index (χ1) is 17.8. The lowest BCUT2D eigenvalue weighted by Crippen LogP contribution is -2.61. The van der Waals surface area contributed by atoms with Gasteiger partial charge in [0.2, 0.25) is 0 Å². The molecule has 0 aliphatic carbocycles. The number of benzene rings is 1. The fourth-order valence-electron chi connectivity index (χ4n) is 4.84. The maximum Gasteiger partial charge on any atom is 0.410 e. The van der Waals surface area contributed by atoms with Crippen LogP contribution >= 0.6 is 22.5 Å². The molecule has 0 radical (unpaired) electrons. The Labute approximate surface area is 232 Å². The molecule has 1 unspecified atom stereocenters. The number of hydrogen-bond donors (Lipinski definition) is 2. The van der Waals surface area contributed by atoms with E-state index in [1.165, 1.54) is 5.70 Å². The molecule has 1 spiro atoms. The van der Waals surface area contributed by atoms with Crippen molar-refractivity contribution in [3.63, 3.8) is 0 Å². The van der Waals surface area contributed by atoms with E-state index in [1.807, 2.05) is 47.4 Å². The number of piperidine rings is 1. The van der Waals surface area contributed by atoms with Crippen molar-refractivity contribution in [2.75, 3.05) is 13.1 Å². The van der Waals surface area contributed by atoms with E-state index in [9.17, 15) is 4.79 Å². The van der Waals surface area contributed by atoms with Gasteiger partial charge >= 0.3 is 6.09 Å². The highest BCUT2D eigenvalue weighted by molar-refractivity contribution is 8.68. The normalized spacial score (nSPS) is 21.4. The van der Waals surface area contributed by atoms with Crippen LogP contribution in [0.2, 0.25) is 0 Å². The summed E-state index contributed by atoms with van der Waals surface area (Å²) < 4.78 is 5.63. The molecule has 0 aromatic heterocycles. The Morgan fingerprint density at radius 3 is 2.49 bits per heavy atom. The number of hydrogen-bond acceptors (Lipinski definition) is 6. The van der Waals surface area contributed by atoms with Crippen molar-refractivity contribution in [3.8, 4) is 0 Å². The molecule has 37 heavy (non-hydrogen) atoms. The van der Waals surface area contributed by atoms with Gasteiger partial charge in [-0.05, 0) is 49.8 Å². The number of ether oxygens (including phenoxy) is 1. The molecular weight excluding hydrogens is 498 g/mol. The Balaban J connectivity index is 1.93. The number of allylic oxidation sites excluding steroid dienone is 4. The van der Waals surface area contributed by atoms with Crippen LogP contribution in [-0.4, -0.2) is 39.8 Å². The van der Waals surface area contributed by atoms with Crippen molar-refractivity contribution in [2.45, 2.75) is 64.4 Å². The molecule has 1 N–H and O–H groups in total. The lowest BCUT2D eigenvalue weighted by Gasteiger charge is -2.53. The zero-order valence-corrected chi connectivity index (χ0v) is 24.3. The largest absolute Gasteiger partial charge is 0.445 e. The molecule has 1 aromatic rings. The number of piperazine rings is 1. The van der Waals surface area contributed by atoms with Crippen molar-refractivity contribution in [3.05, 3.63) is 96.1 Å². The number of nitrogens with one attached hydrogen (secondary N) is 1. The topological polar surface area (TPSA) is 44.8 Å². The van der Waals surface area contributed by atoms with Crippen molar-refractivity contribution in [1.29, 1.82) is 0 Å². The second kappa shape index (κ2) is 13.3. The van der Waals surface area contributed by atoms with E-state index >= 15 is 0 Å². The highest BCUT2D eigenvalue weighted by atomic mass is 33.1. The summed E-state index contributed by atoms with van der Waals surface area (Å²) in [5.41, 5.74) is 4.94. The first-order valence-electron chi connectivity index (χ1n) is 13.0. The van der Waals surface area contributed by atoms with E-state index in [0.29, 0.717) is 13.1 Å². The molecule has 2 heterocycles. The molecule has 2 aliphatic rings. The van der Waals surface area contributed by atoms with Crippen molar-refractivity contribution in [2.24, 2.45) is 5.92 Å². The first-order valence-corrected chi connectivity index (χ1v) is 15.0. The van der Waals surface area contributed by atoms with Gasteiger partial charge in [-0.25, -0.2) is 4.79 Å². The van der Waals surface area contributed by atoms with Gasteiger partial charge in [0.25, 0.3) is 0 Å². The highest BCUT2D eigenvalue weighted by Gasteiger charge is 2.47. The first kappa shape index (κ1) is 29.1. The summed E-state index contributed by atoms with van der Waals surface area (Å²) in [5, 5.41) is 4.12. The lowest BCUT2D eigenvalue weighted by molar-refractivity contribution is 0.0739. The molecule has 1 atom stereocenters. The van der Waals surface area contributed by atoms with Gasteiger partial charge in [-0.1, -0.05) is 87.2 Å². The van der Waals surface area contributed by atoms with Gasteiger partial charge in [0.1, 0.15) is 6.61 Å². The van der Waals surface area contributed by atoms with Crippen LogP contribution < -0.4 is 5.32 Å². The zero-order valence-electron chi connectivity index (χ0n) is 22.6. The van der Waals surface area contributed by atoms with Crippen LogP contribution in [0.25, 0.3) is 0 Å². The summed E-state index contributed by atoms with van der Waals surface area (Å²) in [4.78, 5) is 17.1. The second-order valence-corrected chi connectivity index (χ2v) is 11.3. The van der Waals surface area contributed by atoms with Crippen LogP contribution in [0.15, 0.2) is 90.6 Å². The summed E-state index contributed by atoms with van der Waals surface area (Å²) in [5.74, 6) is 0.260. The van der Waals surface area contributed by atoms with Gasteiger partial charge < -0.3 is 19.9 Å². The Morgan fingerprint density at radius 1 is 1.27 bits per heavy atom. The van der Waals surface area contributed by atoms with E-state index in [1.54, 1.807) is 10.8 Å². The van der Waals surface area contributed by atoms with Crippen LogP contribution in [-0.2, 0) is 11.3 Å². The minimum absolute atomic E-state index is 0.247. The third-order valence-electron chi connectivity index (χ3n) is 7.10. The SMILES string of the molecule is C=C/C=C1/NC2(CCN(C(=O)OCc3ccccc3)CC2)/C(=C/C(CC)SS)N(C(=C)C(C)C)/C1=C/C. The molecule has 0 saturated carbocycles. The van der Waals surface area contributed by atoms with E-state index in [4.69, 9.17) is 4.74 Å². The molecule has 1 aromatic carbocycles. The summed E-state index contributed by atoms with van der Waals surface area (Å²) in [6.07, 6.45) is 10.5. The molecular formula is C30H41N3O2S2. The summed E-state index contributed by atoms with van der Waals surface area (Å²) in [6, 6.07) is 9.79. The average Bonchev–Trinajstić information content (AvgIpc) is 2.91. The van der Waals surface area contributed by atoms with Crippen LogP contribution in [0.3, 0.4) is 0 Å². The minimum Gasteiger partial charge on any atom is -0.445 e. The number of nitrogens with zero attached hydrogens (tertiary/aromatic N) is 2. The van der Waals surface area contributed by atoms with Gasteiger partial charge in [0.05, 0.1) is 16.9 Å². The Hall–Kier alpha value is -2.51. The molecule has 0 bridgehead atoms. The molecule has 7 heteroatoms. The van der Waals surface area contributed by atoms with Crippen LogP contribution in [0.5, 0.6) is 0 Å². The summed E-state index contributed by atoms with van der Waals surface area (Å²) in [7, 11) is 1.56. The fourth-order valence-corrected chi connectivity index (χ4v) is 5.81. The van der Waals surface area contributed by atoms with Gasteiger partial charge in [0.15, 0.2) is 0 Å². The number of carbonyl (C=O) groups is 1. The lowest BCUT2D eigenvalue weighted by atomic mass is 9.79. The maximum atomic E-state index is 12.9. The van der Waals surface area contributed by atoms with Crippen LogP contribution in [0, 0.1) is 5.92 Å². The third kappa shape index (κ3) is 6.68. The van der Waals surface area contributed by atoms with Gasteiger partial charge in [0, 0.05) is 29.7 Å². The quantitative estimate of drug-likeness (QED) is 0.265. The molecule has 2 aliphatic heterocycles. The molecule has 5 nitrogen and oxygen atoms in total. The number of rotatable bonds is 8. The highest BCUT2D eigenvalue weighted by Crippen LogP contribution is 2.44. The Bertz CT molecular complexity index is 1050. The van der Waals surface area contributed by atoms with Crippen molar-refractivity contribution in [1.82, 2.24) is 15.1 Å². The number of carbonyl (C=O) groups excluding carboxylic acids is 1. The number of likely N-dealkylation sites (tertiary alicyclic amines) is 1. The van der Waals surface area contributed by atoms with E-state index in [2.05, 4.69) is 74.9 Å². The second-order valence-electron chi connectivity index (χ2n) is 9.81. The maximum absolute atomic E-state index is 12.9. The third-order valence-corrected chi connectivity index (χ3v) is 8.65. The standard InChI is InChI=1S/C30H41N3O2S2/c1-7-13-26-27(9-3)33(23(6)22(4)5)28(20-25(8-2)37-36)30(31-26)16-18-32(19-17-30)29(34)35-21-24-14-11-10-12-15-24/h7,9-15,20,22,25,31,36H,1,6,8,16-19,21H2,2-5H3/b26-13+,27-9+,28-20-. The van der Waals surface area contributed by atoms with Gasteiger partial charge in [-0.15, -0.1) is 11.7 Å². The summed E-state index contributed by atoms with van der Waals surface area (Å²) in [6.45, 7) is 18.5. The predicted octanol–water partition coefficient (Wildman–Crippen LogP) is 7.45. The predicted molar refractivity (Wildman–Crippen MR) is 160 cm³/mol. The smallest absolute Gasteiger partial charge is 0.410 e. The monoisotopic (exact) mass is 539 g/mol. The molecule has 200 valence electrons. The molecule has 3 rings (SSSR count). The van der Waals surface area contributed by atoms with E-state index < -0.39 is 0 Å². The number of thiol groups is 1. The van der Waals surface area contributed by atoms with Crippen LogP contribution in [0.4, 0.5) is 4.79 Å². The van der Waals surface area contributed by atoms with Gasteiger partial charge in [-0.2, -0.15) is 0 Å². The van der Waals surface area contributed by atoms with Crippen molar-refractivity contribution < 1.29 is 9.53 Å².